The van der Waals surface area contributed by atoms with E-state index >= 15 is 0 Å². The molecular formula is C18H21N3O2. The Bertz CT molecular complexity index is 762. The second-order valence-electron chi connectivity index (χ2n) is 5.60. The number of carbonyl (C=O) groups excluding carboxylic acids is 1. The number of hydrogen-bond donors (Lipinski definition) is 3. The Morgan fingerprint density at radius 2 is 2.13 bits per heavy atom. The minimum atomic E-state index is -0.173. The number of urea groups is 1. The van der Waals surface area contributed by atoms with Crippen LogP contribution in [0.15, 0.2) is 53.3 Å². The molecule has 0 saturated carbocycles. The van der Waals surface area contributed by atoms with Gasteiger partial charge in [-0.2, -0.15) is 0 Å². The molecule has 0 aliphatic heterocycles. The molecule has 1 atom stereocenters. The summed E-state index contributed by atoms with van der Waals surface area (Å²) < 4.78 is 5.27. The molecule has 3 rings (SSSR count). The fourth-order valence-corrected chi connectivity index (χ4v) is 2.68. The predicted molar refractivity (Wildman–Crippen MR) is 90.3 cm³/mol. The number of rotatable bonds is 6. The highest BCUT2D eigenvalue weighted by Crippen LogP contribution is 2.18. The number of para-hydroxylation sites is 1. The zero-order chi connectivity index (χ0) is 16.1. The van der Waals surface area contributed by atoms with Crippen molar-refractivity contribution in [2.24, 2.45) is 0 Å². The largest absolute Gasteiger partial charge is 0.467 e. The van der Waals surface area contributed by atoms with Gasteiger partial charge in [0, 0.05) is 23.6 Å². The monoisotopic (exact) mass is 311 g/mol. The lowest BCUT2D eigenvalue weighted by atomic mass is 10.1. The van der Waals surface area contributed by atoms with E-state index in [9.17, 15) is 4.79 Å². The summed E-state index contributed by atoms with van der Waals surface area (Å²) in [5, 5.41) is 6.99. The average molecular weight is 311 g/mol. The van der Waals surface area contributed by atoms with Crippen LogP contribution < -0.4 is 10.6 Å². The Morgan fingerprint density at radius 3 is 2.96 bits per heavy atom. The number of aromatic amines is 1. The van der Waals surface area contributed by atoms with E-state index in [-0.39, 0.29) is 12.1 Å². The first kappa shape index (κ1) is 15.2. The molecule has 5 nitrogen and oxygen atoms in total. The summed E-state index contributed by atoms with van der Waals surface area (Å²) in [5.74, 6) is 0.749. The number of hydrogen-bond acceptors (Lipinski definition) is 2. The lowest BCUT2D eigenvalue weighted by molar-refractivity contribution is 0.236. The molecule has 23 heavy (non-hydrogen) atoms. The summed E-state index contributed by atoms with van der Waals surface area (Å²) in [6, 6.07) is 11.6. The number of nitrogens with one attached hydrogen (secondary N) is 3. The van der Waals surface area contributed by atoms with Gasteiger partial charge in [-0.3, -0.25) is 0 Å². The van der Waals surface area contributed by atoms with E-state index < -0.39 is 0 Å². The first-order valence-electron chi connectivity index (χ1n) is 7.87. The molecule has 3 aromatic rings. The molecule has 0 spiro atoms. The van der Waals surface area contributed by atoms with Crippen LogP contribution in [0.3, 0.4) is 0 Å². The maximum Gasteiger partial charge on any atom is 0.315 e. The van der Waals surface area contributed by atoms with E-state index in [1.54, 1.807) is 6.26 Å². The Balaban J connectivity index is 1.42. The van der Waals surface area contributed by atoms with Gasteiger partial charge in [0.15, 0.2) is 0 Å². The molecule has 0 aliphatic rings. The summed E-state index contributed by atoms with van der Waals surface area (Å²) in [5.41, 5.74) is 2.44. The van der Waals surface area contributed by atoms with Crippen LogP contribution in [-0.4, -0.2) is 17.6 Å². The van der Waals surface area contributed by atoms with Crippen LogP contribution in [0.2, 0.25) is 0 Å². The topological polar surface area (TPSA) is 70.1 Å². The zero-order valence-corrected chi connectivity index (χ0v) is 13.1. The molecule has 0 radical (unpaired) electrons. The van der Waals surface area contributed by atoms with Crippen molar-refractivity contribution in [2.75, 3.05) is 6.54 Å². The van der Waals surface area contributed by atoms with Gasteiger partial charge in [-0.05, 0) is 43.5 Å². The van der Waals surface area contributed by atoms with Crippen molar-refractivity contribution in [1.82, 2.24) is 15.6 Å². The Labute approximate surface area is 135 Å². The molecule has 0 fully saturated rings. The first-order chi connectivity index (χ1) is 11.2. The van der Waals surface area contributed by atoms with Crippen LogP contribution in [0.5, 0.6) is 0 Å². The van der Waals surface area contributed by atoms with Gasteiger partial charge in [0.2, 0.25) is 0 Å². The molecule has 2 aromatic heterocycles. The van der Waals surface area contributed by atoms with Crippen LogP contribution in [-0.2, 0) is 6.42 Å². The van der Waals surface area contributed by atoms with Crippen molar-refractivity contribution in [3.63, 3.8) is 0 Å². The molecule has 1 aromatic carbocycles. The van der Waals surface area contributed by atoms with Gasteiger partial charge in [-0.1, -0.05) is 18.2 Å². The number of amides is 2. The highest BCUT2D eigenvalue weighted by molar-refractivity contribution is 5.83. The minimum absolute atomic E-state index is 0.140. The highest BCUT2D eigenvalue weighted by atomic mass is 16.3. The normalized spacial score (nSPS) is 12.2. The SMILES string of the molecule is CC(NC(=O)NCCCc1c[nH]c2ccccc12)c1ccco1. The first-order valence-corrected chi connectivity index (χ1v) is 7.87. The Kier molecular flexibility index (Phi) is 4.66. The van der Waals surface area contributed by atoms with Gasteiger partial charge in [0.25, 0.3) is 0 Å². The number of furan rings is 1. The van der Waals surface area contributed by atoms with Crippen LogP contribution in [0.25, 0.3) is 10.9 Å². The van der Waals surface area contributed by atoms with E-state index in [1.807, 2.05) is 37.4 Å². The smallest absolute Gasteiger partial charge is 0.315 e. The van der Waals surface area contributed by atoms with E-state index in [0.717, 1.165) is 24.1 Å². The molecule has 0 saturated heterocycles. The van der Waals surface area contributed by atoms with Gasteiger partial charge < -0.3 is 20.0 Å². The lowest BCUT2D eigenvalue weighted by Crippen LogP contribution is -2.37. The van der Waals surface area contributed by atoms with E-state index in [2.05, 4.69) is 27.8 Å². The average Bonchev–Trinajstić information content (AvgIpc) is 3.21. The van der Waals surface area contributed by atoms with Crippen LogP contribution in [0.1, 0.15) is 30.7 Å². The summed E-state index contributed by atoms with van der Waals surface area (Å²) in [7, 11) is 0. The standard InChI is InChI=1S/C18H21N3O2/c1-13(17-9-5-11-23-17)21-18(22)19-10-4-6-14-12-20-16-8-3-2-7-15(14)16/h2-3,5,7-9,11-13,20H,4,6,10H2,1H3,(H2,19,21,22). The van der Waals surface area contributed by atoms with E-state index in [0.29, 0.717) is 6.54 Å². The van der Waals surface area contributed by atoms with Gasteiger partial charge in [0.1, 0.15) is 5.76 Å². The van der Waals surface area contributed by atoms with E-state index in [4.69, 9.17) is 4.42 Å². The fourth-order valence-electron chi connectivity index (χ4n) is 2.68. The third-order valence-corrected chi connectivity index (χ3v) is 3.90. The summed E-state index contributed by atoms with van der Waals surface area (Å²) in [6.45, 7) is 2.53. The highest BCUT2D eigenvalue weighted by Gasteiger charge is 2.11. The summed E-state index contributed by atoms with van der Waals surface area (Å²) in [6.07, 6.45) is 5.47. The molecule has 2 heterocycles. The summed E-state index contributed by atoms with van der Waals surface area (Å²) >= 11 is 0. The van der Waals surface area contributed by atoms with Crippen molar-refractivity contribution >= 4 is 16.9 Å². The number of aromatic nitrogens is 1. The molecule has 5 heteroatoms. The van der Waals surface area contributed by atoms with Crippen molar-refractivity contribution in [3.05, 3.63) is 60.2 Å². The van der Waals surface area contributed by atoms with Crippen molar-refractivity contribution < 1.29 is 9.21 Å². The molecular weight excluding hydrogens is 290 g/mol. The predicted octanol–water partition coefficient (Wildman–Crippen LogP) is 3.75. The molecule has 3 N–H and O–H groups in total. The molecule has 0 bridgehead atoms. The maximum atomic E-state index is 11.9. The number of H-pyrrole nitrogens is 1. The quantitative estimate of drug-likeness (QED) is 0.607. The van der Waals surface area contributed by atoms with Crippen molar-refractivity contribution in [2.45, 2.75) is 25.8 Å². The second-order valence-corrected chi connectivity index (χ2v) is 5.60. The van der Waals surface area contributed by atoms with E-state index in [1.165, 1.54) is 10.9 Å². The minimum Gasteiger partial charge on any atom is -0.467 e. The molecule has 2 amide bonds. The third-order valence-electron chi connectivity index (χ3n) is 3.90. The number of fused-ring (bicyclic) bond motifs is 1. The summed E-state index contributed by atoms with van der Waals surface area (Å²) in [4.78, 5) is 15.1. The number of aryl methyl sites for hydroxylation is 1. The van der Waals surface area contributed by atoms with Crippen LogP contribution >= 0.6 is 0 Å². The molecule has 1 unspecified atom stereocenters. The lowest BCUT2D eigenvalue weighted by Gasteiger charge is -2.12. The third kappa shape index (κ3) is 3.74. The van der Waals surface area contributed by atoms with Gasteiger partial charge in [-0.25, -0.2) is 4.79 Å². The van der Waals surface area contributed by atoms with Crippen molar-refractivity contribution in [3.8, 4) is 0 Å². The number of benzene rings is 1. The van der Waals surface area contributed by atoms with Crippen LogP contribution in [0, 0.1) is 0 Å². The van der Waals surface area contributed by atoms with Gasteiger partial charge in [-0.15, -0.1) is 0 Å². The van der Waals surface area contributed by atoms with Gasteiger partial charge in [0.05, 0.1) is 12.3 Å². The second kappa shape index (κ2) is 7.05. The fraction of sp³-hybridized carbons (Fsp3) is 0.278. The van der Waals surface area contributed by atoms with Crippen molar-refractivity contribution in [1.29, 1.82) is 0 Å². The van der Waals surface area contributed by atoms with Crippen LogP contribution in [0.4, 0.5) is 4.79 Å². The number of carbonyl (C=O) groups is 1. The molecule has 0 aliphatic carbocycles. The van der Waals surface area contributed by atoms with Gasteiger partial charge >= 0.3 is 6.03 Å². The Morgan fingerprint density at radius 1 is 1.26 bits per heavy atom. The molecule has 120 valence electrons. The Hall–Kier alpha value is -2.69. The maximum absolute atomic E-state index is 11.9. The zero-order valence-electron chi connectivity index (χ0n) is 13.1.